The van der Waals surface area contributed by atoms with Crippen LogP contribution in [0.3, 0.4) is 0 Å². The number of carbonyl (C=O) groups is 3. The van der Waals surface area contributed by atoms with E-state index in [9.17, 15) is 19.5 Å². The van der Waals surface area contributed by atoms with Crippen molar-refractivity contribution in [2.24, 2.45) is 0 Å². The predicted octanol–water partition coefficient (Wildman–Crippen LogP) is 1.87. The maximum atomic E-state index is 12.3. The topological polar surface area (TPSA) is 182 Å². The van der Waals surface area contributed by atoms with Crippen LogP contribution in [0.5, 0.6) is 0 Å². The highest BCUT2D eigenvalue weighted by molar-refractivity contribution is 5.93. The maximum absolute atomic E-state index is 12.3. The van der Waals surface area contributed by atoms with Crippen molar-refractivity contribution in [2.75, 3.05) is 31.7 Å². The maximum Gasteiger partial charge on any atom is 0.509 e. The van der Waals surface area contributed by atoms with E-state index >= 15 is 0 Å². The molecule has 15 nitrogen and oxygen atoms in total. The van der Waals surface area contributed by atoms with Crippen LogP contribution < -0.4 is 5.32 Å². The third-order valence-electron chi connectivity index (χ3n) is 4.75. The molecule has 0 aliphatic carbocycles. The number of aliphatic hydroxyl groups is 1. The average Bonchev–Trinajstić information content (AvgIpc) is 3.46. The summed E-state index contributed by atoms with van der Waals surface area (Å²) in [5.74, 6) is 0.0261. The van der Waals surface area contributed by atoms with Gasteiger partial charge in [-0.1, -0.05) is 38.0 Å². The van der Waals surface area contributed by atoms with Crippen LogP contribution >= 0.6 is 0 Å². The number of rotatable bonds is 11. The van der Waals surface area contributed by atoms with Crippen LogP contribution in [-0.4, -0.2) is 87.8 Å². The van der Waals surface area contributed by atoms with Crippen LogP contribution in [0.4, 0.5) is 20.2 Å². The molecular formula is C22H25N5O10. The Kier molecular flexibility index (Phi) is 9.51. The molecule has 0 bridgehead atoms. The van der Waals surface area contributed by atoms with E-state index in [1.54, 1.807) is 0 Å². The Morgan fingerprint density at radius 1 is 0.973 bits per heavy atom. The first-order valence-electron chi connectivity index (χ1n) is 10.8. The largest absolute Gasteiger partial charge is 0.509 e. The molecule has 15 heteroatoms. The Bertz CT molecular complexity index is 1150. The van der Waals surface area contributed by atoms with Crippen LogP contribution in [0.2, 0.25) is 0 Å². The van der Waals surface area contributed by atoms with Gasteiger partial charge in [-0.25, -0.2) is 29.3 Å². The number of ether oxygens (including phenoxy) is 6. The number of carbonyl (C=O) groups excluding carboxylic acids is 3. The van der Waals surface area contributed by atoms with Crippen molar-refractivity contribution in [2.45, 2.75) is 24.5 Å². The summed E-state index contributed by atoms with van der Waals surface area (Å²) in [6.07, 6.45) is -1.53. The van der Waals surface area contributed by atoms with E-state index in [1.807, 2.05) is 0 Å². The van der Waals surface area contributed by atoms with Gasteiger partial charge in [0.1, 0.15) is 32.3 Å². The number of hydrogen-bond donors (Lipinski definition) is 2. The van der Waals surface area contributed by atoms with E-state index in [4.69, 9.17) is 28.4 Å². The van der Waals surface area contributed by atoms with Crippen molar-refractivity contribution < 1.29 is 47.9 Å². The summed E-state index contributed by atoms with van der Waals surface area (Å²) in [4.78, 5) is 48.8. The third-order valence-corrected chi connectivity index (χ3v) is 4.75. The van der Waals surface area contributed by atoms with E-state index in [1.165, 1.54) is 29.1 Å². The lowest BCUT2D eigenvalue weighted by molar-refractivity contribution is -0.0621. The molecule has 1 saturated heterocycles. The average molecular weight is 519 g/mol. The van der Waals surface area contributed by atoms with Gasteiger partial charge in [-0.3, -0.25) is 9.88 Å². The summed E-state index contributed by atoms with van der Waals surface area (Å²) in [6, 6.07) is 0. The predicted molar refractivity (Wildman–Crippen MR) is 124 cm³/mol. The molecule has 0 unspecified atom stereocenters. The number of hydrogen-bond acceptors (Lipinski definition) is 13. The van der Waals surface area contributed by atoms with Crippen LogP contribution in [0.15, 0.2) is 50.6 Å². The summed E-state index contributed by atoms with van der Waals surface area (Å²) >= 11 is 0. The van der Waals surface area contributed by atoms with Crippen molar-refractivity contribution >= 4 is 35.4 Å². The highest BCUT2D eigenvalue weighted by Crippen LogP contribution is 2.36. The quantitative estimate of drug-likeness (QED) is 0.249. The molecule has 37 heavy (non-hydrogen) atoms. The normalized spacial score (nSPS) is 20.5. The summed E-state index contributed by atoms with van der Waals surface area (Å²) in [5.41, 5.74) is 0.295. The van der Waals surface area contributed by atoms with Gasteiger partial charge in [0.15, 0.2) is 35.4 Å². The summed E-state index contributed by atoms with van der Waals surface area (Å²) in [6.45, 7) is 9.44. The van der Waals surface area contributed by atoms with E-state index in [-0.39, 0.29) is 36.8 Å². The molecule has 0 spiro atoms. The van der Waals surface area contributed by atoms with Gasteiger partial charge in [-0.05, 0) is 0 Å². The number of anilines is 1. The molecular weight excluding hydrogens is 494 g/mol. The molecule has 1 aliphatic rings. The zero-order chi connectivity index (χ0) is 26.8. The molecule has 2 aromatic rings. The van der Waals surface area contributed by atoms with Crippen LogP contribution in [0.25, 0.3) is 11.2 Å². The molecule has 2 N–H and O–H groups in total. The molecule has 2 aromatic heterocycles. The molecule has 3 rings (SSSR count). The third kappa shape index (κ3) is 6.59. The minimum atomic E-state index is -1.34. The fourth-order valence-electron chi connectivity index (χ4n) is 3.29. The second-order valence-electron chi connectivity index (χ2n) is 7.17. The first kappa shape index (κ1) is 27.1. The minimum Gasteiger partial charge on any atom is -0.445 e. The van der Waals surface area contributed by atoms with Crippen LogP contribution in [0, 0.1) is 0 Å². The SMILES string of the molecule is C=CCOC(=O)Nc1ncnc2c1ncn2[C@@H]1O[C@H](CO)[C@@H](OC(=O)OCC=C)[C@H]1OC(=O)OCC=C. The first-order chi connectivity index (χ1) is 17.9. The van der Waals surface area contributed by atoms with Crippen molar-refractivity contribution in [3.8, 4) is 0 Å². The smallest absolute Gasteiger partial charge is 0.445 e. The second kappa shape index (κ2) is 13.0. The molecule has 0 radical (unpaired) electrons. The van der Waals surface area contributed by atoms with E-state index in [0.29, 0.717) is 0 Å². The summed E-state index contributed by atoms with van der Waals surface area (Å²) in [5, 5.41) is 12.3. The Labute approximate surface area is 210 Å². The lowest BCUT2D eigenvalue weighted by Gasteiger charge is -2.23. The zero-order valence-corrected chi connectivity index (χ0v) is 19.6. The van der Waals surface area contributed by atoms with Crippen molar-refractivity contribution in [3.05, 3.63) is 50.6 Å². The van der Waals surface area contributed by atoms with Gasteiger partial charge in [0.2, 0.25) is 0 Å². The lowest BCUT2D eigenvalue weighted by atomic mass is 10.1. The Balaban J connectivity index is 1.94. The molecule has 198 valence electrons. The van der Waals surface area contributed by atoms with Crippen molar-refractivity contribution in [1.29, 1.82) is 0 Å². The Hall–Kier alpha value is -4.50. The zero-order valence-electron chi connectivity index (χ0n) is 19.6. The first-order valence-corrected chi connectivity index (χ1v) is 10.8. The molecule has 0 aromatic carbocycles. The van der Waals surface area contributed by atoms with E-state index < -0.39 is 49.6 Å². The summed E-state index contributed by atoms with van der Waals surface area (Å²) in [7, 11) is 0. The van der Waals surface area contributed by atoms with Gasteiger partial charge in [0, 0.05) is 0 Å². The molecule has 1 amide bonds. The highest BCUT2D eigenvalue weighted by atomic mass is 16.8. The molecule has 3 heterocycles. The Morgan fingerprint density at radius 3 is 2.22 bits per heavy atom. The molecule has 4 atom stereocenters. The monoisotopic (exact) mass is 519 g/mol. The number of nitrogens with one attached hydrogen (secondary N) is 1. The van der Waals surface area contributed by atoms with Gasteiger partial charge >= 0.3 is 18.4 Å². The van der Waals surface area contributed by atoms with E-state index in [0.717, 1.165) is 6.33 Å². The minimum absolute atomic E-state index is 0.0233. The van der Waals surface area contributed by atoms with Gasteiger partial charge in [0.05, 0.1) is 12.9 Å². The number of aromatic nitrogens is 4. The highest BCUT2D eigenvalue weighted by Gasteiger charge is 2.51. The molecule has 1 fully saturated rings. The fourth-order valence-corrected chi connectivity index (χ4v) is 3.29. The van der Waals surface area contributed by atoms with Crippen LogP contribution in [0.1, 0.15) is 6.23 Å². The fraction of sp³-hybridized carbons (Fsp3) is 0.364. The van der Waals surface area contributed by atoms with E-state index in [2.05, 4.69) is 40.0 Å². The van der Waals surface area contributed by atoms with Gasteiger partial charge in [0.25, 0.3) is 0 Å². The summed E-state index contributed by atoms with van der Waals surface area (Å²) < 4.78 is 32.5. The van der Waals surface area contributed by atoms with Crippen molar-refractivity contribution in [1.82, 2.24) is 19.5 Å². The number of amides is 1. The van der Waals surface area contributed by atoms with Crippen LogP contribution in [-0.2, 0) is 28.4 Å². The number of fused-ring (bicyclic) bond motifs is 1. The molecule has 1 aliphatic heterocycles. The van der Waals surface area contributed by atoms with Gasteiger partial charge in [-0.2, -0.15) is 0 Å². The Morgan fingerprint density at radius 2 is 1.59 bits per heavy atom. The number of imidazole rings is 1. The van der Waals surface area contributed by atoms with Gasteiger partial charge < -0.3 is 33.5 Å². The standard InChI is InChI=1S/C22H25N5O10/c1-4-7-32-20(29)26-17-14-18(24-11-23-17)27(12-25-14)19-16(37-22(31)34-9-6-3)15(13(10-28)35-19)36-21(30)33-8-5-2/h4-6,11-13,15-16,19,28H,1-3,7-10H2,(H,23,24,26,29)/t13-,15-,16-,19-/m1/s1. The molecule has 0 saturated carbocycles. The lowest BCUT2D eigenvalue weighted by Crippen LogP contribution is -2.41. The van der Waals surface area contributed by atoms with Crippen molar-refractivity contribution in [3.63, 3.8) is 0 Å². The number of nitrogens with zero attached hydrogens (tertiary/aromatic N) is 4. The second-order valence-corrected chi connectivity index (χ2v) is 7.17. The van der Waals surface area contributed by atoms with Gasteiger partial charge in [-0.15, -0.1) is 0 Å². The number of aliphatic hydroxyl groups excluding tert-OH is 1.